The van der Waals surface area contributed by atoms with Crippen LogP contribution in [-0.4, -0.2) is 18.4 Å². The van der Waals surface area contributed by atoms with Gasteiger partial charge >= 0.3 is 12.1 Å². The second kappa shape index (κ2) is 8.64. The molecule has 3 aromatic rings. The van der Waals surface area contributed by atoms with Gasteiger partial charge in [-0.15, -0.1) is 0 Å². The summed E-state index contributed by atoms with van der Waals surface area (Å²) >= 11 is 0. The second-order valence-corrected chi connectivity index (χ2v) is 6.07. The molecule has 0 aliphatic heterocycles. The number of halogens is 3. The molecule has 0 bridgehead atoms. The Labute approximate surface area is 164 Å². The normalized spacial score (nSPS) is 11.1. The average Bonchev–Trinajstić information content (AvgIpc) is 3.21. The molecule has 0 aliphatic carbocycles. The Morgan fingerprint density at radius 2 is 1.72 bits per heavy atom. The maximum Gasteiger partial charge on any atom is 0.416 e. The Balaban J connectivity index is 1.56. The summed E-state index contributed by atoms with van der Waals surface area (Å²) in [7, 11) is 0. The number of carbonyl (C=O) groups excluding carboxylic acids is 2. The van der Waals surface area contributed by atoms with Gasteiger partial charge in [0.2, 0.25) is 0 Å². The number of hydrogen-bond acceptors (Lipinski definition) is 4. The number of hydrogen-bond donors (Lipinski definition) is 1. The number of benzene rings is 2. The van der Waals surface area contributed by atoms with Crippen molar-refractivity contribution >= 4 is 11.9 Å². The third kappa shape index (κ3) is 5.47. The molecule has 8 heteroatoms. The van der Waals surface area contributed by atoms with Crippen LogP contribution in [0.5, 0.6) is 0 Å². The monoisotopic (exact) mass is 403 g/mol. The van der Waals surface area contributed by atoms with Gasteiger partial charge in [0.05, 0.1) is 5.56 Å². The van der Waals surface area contributed by atoms with Crippen LogP contribution in [0.1, 0.15) is 21.7 Å². The van der Waals surface area contributed by atoms with E-state index in [1.54, 1.807) is 12.1 Å². The molecular weight excluding hydrogens is 387 g/mol. The summed E-state index contributed by atoms with van der Waals surface area (Å²) in [6, 6.07) is 16.3. The van der Waals surface area contributed by atoms with Crippen molar-refractivity contribution in [1.29, 1.82) is 0 Å². The molecule has 1 amide bonds. The van der Waals surface area contributed by atoms with Gasteiger partial charge in [-0.05, 0) is 29.8 Å². The SMILES string of the molecule is O=C(CNC(=O)c1ccc(-c2cccc(C(F)(F)F)c2)o1)OCc1ccccc1. The zero-order chi connectivity index (χ0) is 20.9. The topological polar surface area (TPSA) is 68.5 Å². The number of furan rings is 1. The lowest BCUT2D eigenvalue weighted by Gasteiger charge is -2.07. The molecule has 0 saturated carbocycles. The van der Waals surface area contributed by atoms with Gasteiger partial charge in [-0.25, -0.2) is 0 Å². The van der Waals surface area contributed by atoms with E-state index in [1.165, 1.54) is 24.3 Å². The van der Waals surface area contributed by atoms with Crippen molar-refractivity contribution in [2.75, 3.05) is 6.54 Å². The third-order valence-corrected chi connectivity index (χ3v) is 3.94. The van der Waals surface area contributed by atoms with Crippen LogP contribution in [-0.2, 0) is 22.3 Å². The summed E-state index contributed by atoms with van der Waals surface area (Å²) in [5.74, 6) is -1.34. The fourth-order valence-electron chi connectivity index (χ4n) is 2.49. The molecule has 0 radical (unpaired) electrons. The number of ether oxygens (including phenoxy) is 1. The molecule has 0 fully saturated rings. The number of esters is 1. The van der Waals surface area contributed by atoms with E-state index in [0.717, 1.165) is 17.7 Å². The number of carbonyl (C=O) groups is 2. The summed E-state index contributed by atoms with van der Waals surface area (Å²) in [6.07, 6.45) is -4.48. The van der Waals surface area contributed by atoms with E-state index in [2.05, 4.69) is 5.32 Å². The molecule has 29 heavy (non-hydrogen) atoms. The van der Waals surface area contributed by atoms with E-state index in [9.17, 15) is 22.8 Å². The maximum absolute atomic E-state index is 12.8. The van der Waals surface area contributed by atoms with Crippen LogP contribution in [0.15, 0.2) is 71.1 Å². The lowest BCUT2D eigenvalue weighted by atomic mass is 10.1. The van der Waals surface area contributed by atoms with Crippen LogP contribution in [0, 0.1) is 0 Å². The highest BCUT2D eigenvalue weighted by Crippen LogP contribution is 2.32. The summed E-state index contributed by atoms with van der Waals surface area (Å²) in [6.45, 7) is -0.290. The van der Waals surface area contributed by atoms with E-state index in [4.69, 9.17) is 9.15 Å². The van der Waals surface area contributed by atoms with E-state index < -0.39 is 23.6 Å². The molecule has 1 N–H and O–H groups in total. The van der Waals surface area contributed by atoms with Gasteiger partial charge in [-0.3, -0.25) is 9.59 Å². The van der Waals surface area contributed by atoms with Crippen LogP contribution >= 0.6 is 0 Å². The Kier molecular flexibility index (Phi) is 6.01. The van der Waals surface area contributed by atoms with Crippen molar-refractivity contribution in [1.82, 2.24) is 5.32 Å². The molecule has 0 saturated heterocycles. The number of nitrogens with one attached hydrogen (secondary N) is 1. The van der Waals surface area contributed by atoms with Crippen molar-refractivity contribution < 1.29 is 31.9 Å². The summed E-state index contributed by atoms with van der Waals surface area (Å²) in [5, 5.41) is 2.35. The van der Waals surface area contributed by atoms with Gasteiger partial charge in [0.1, 0.15) is 18.9 Å². The van der Waals surface area contributed by atoms with Crippen LogP contribution in [0.3, 0.4) is 0 Å². The maximum atomic E-state index is 12.8. The molecule has 0 unspecified atom stereocenters. The largest absolute Gasteiger partial charge is 0.460 e. The molecule has 1 heterocycles. The molecule has 0 atom stereocenters. The van der Waals surface area contributed by atoms with Crippen LogP contribution in [0.25, 0.3) is 11.3 Å². The van der Waals surface area contributed by atoms with E-state index in [-0.39, 0.29) is 30.2 Å². The molecule has 0 aliphatic rings. The van der Waals surface area contributed by atoms with E-state index >= 15 is 0 Å². The zero-order valence-corrected chi connectivity index (χ0v) is 15.0. The van der Waals surface area contributed by atoms with Crippen molar-refractivity contribution in [3.8, 4) is 11.3 Å². The molecule has 3 rings (SSSR count). The minimum atomic E-state index is -4.48. The highest BCUT2D eigenvalue weighted by Gasteiger charge is 2.30. The molecule has 150 valence electrons. The molecular formula is C21H16F3NO4. The fourth-order valence-corrected chi connectivity index (χ4v) is 2.49. The first-order valence-electron chi connectivity index (χ1n) is 8.58. The number of amides is 1. The number of alkyl halides is 3. The highest BCUT2D eigenvalue weighted by molar-refractivity contribution is 5.94. The van der Waals surface area contributed by atoms with Gasteiger partial charge in [0.25, 0.3) is 5.91 Å². The van der Waals surface area contributed by atoms with Gasteiger partial charge in [0, 0.05) is 5.56 Å². The Bertz CT molecular complexity index is 996. The summed E-state index contributed by atoms with van der Waals surface area (Å²) < 4.78 is 48.8. The second-order valence-electron chi connectivity index (χ2n) is 6.07. The van der Waals surface area contributed by atoms with E-state index in [0.29, 0.717) is 0 Å². The minimum Gasteiger partial charge on any atom is -0.460 e. The predicted molar refractivity (Wildman–Crippen MR) is 97.7 cm³/mol. The Morgan fingerprint density at radius 3 is 2.45 bits per heavy atom. The van der Waals surface area contributed by atoms with Crippen molar-refractivity contribution in [3.63, 3.8) is 0 Å². The standard InChI is InChI=1S/C21H16F3NO4/c22-21(23,24)16-8-4-7-15(11-16)17-9-10-18(29-17)20(27)25-12-19(26)28-13-14-5-2-1-3-6-14/h1-11H,12-13H2,(H,25,27). The quantitative estimate of drug-likeness (QED) is 0.618. The molecule has 5 nitrogen and oxygen atoms in total. The van der Waals surface area contributed by atoms with Gasteiger partial charge in [-0.1, -0.05) is 42.5 Å². The number of rotatable bonds is 6. The van der Waals surface area contributed by atoms with Gasteiger partial charge in [-0.2, -0.15) is 13.2 Å². The fraction of sp³-hybridized carbons (Fsp3) is 0.143. The first-order valence-corrected chi connectivity index (χ1v) is 8.58. The van der Waals surface area contributed by atoms with Gasteiger partial charge < -0.3 is 14.5 Å². The van der Waals surface area contributed by atoms with Crippen LogP contribution < -0.4 is 5.32 Å². The minimum absolute atomic E-state index is 0.0794. The predicted octanol–water partition coefficient (Wildman–Crippen LogP) is 4.44. The Hall–Kier alpha value is -3.55. The van der Waals surface area contributed by atoms with Gasteiger partial charge in [0.15, 0.2) is 5.76 Å². The van der Waals surface area contributed by atoms with Crippen molar-refractivity contribution in [2.24, 2.45) is 0 Å². The molecule has 1 aromatic heterocycles. The molecule has 2 aromatic carbocycles. The third-order valence-electron chi connectivity index (χ3n) is 3.94. The lowest BCUT2D eigenvalue weighted by Crippen LogP contribution is -2.30. The highest BCUT2D eigenvalue weighted by atomic mass is 19.4. The molecule has 0 spiro atoms. The Morgan fingerprint density at radius 1 is 0.966 bits per heavy atom. The zero-order valence-electron chi connectivity index (χ0n) is 15.0. The smallest absolute Gasteiger partial charge is 0.416 e. The van der Waals surface area contributed by atoms with Crippen molar-refractivity contribution in [2.45, 2.75) is 12.8 Å². The lowest BCUT2D eigenvalue weighted by molar-refractivity contribution is -0.143. The van der Waals surface area contributed by atoms with Crippen LogP contribution in [0.4, 0.5) is 13.2 Å². The van der Waals surface area contributed by atoms with Crippen LogP contribution in [0.2, 0.25) is 0 Å². The van der Waals surface area contributed by atoms with E-state index in [1.807, 2.05) is 18.2 Å². The summed E-state index contributed by atoms with van der Waals surface area (Å²) in [4.78, 5) is 23.8. The van der Waals surface area contributed by atoms with Crippen molar-refractivity contribution in [3.05, 3.63) is 83.6 Å². The first kappa shape index (κ1) is 20.2. The summed E-state index contributed by atoms with van der Waals surface area (Å²) in [5.41, 5.74) is 0.170. The first-order chi connectivity index (χ1) is 13.8. The average molecular weight is 403 g/mol.